The van der Waals surface area contributed by atoms with E-state index >= 15 is 0 Å². The van der Waals surface area contributed by atoms with Gasteiger partial charge in [0, 0.05) is 12.1 Å². The van der Waals surface area contributed by atoms with Crippen LogP contribution in [0.5, 0.6) is 0 Å². The minimum absolute atomic E-state index is 0.220. The van der Waals surface area contributed by atoms with Gasteiger partial charge in [-0.2, -0.15) is 5.48 Å². The second-order valence-corrected chi connectivity index (χ2v) is 6.54. The molecule has 0 bridgehead atoms. The van der Waals surface area contributed by atoms with Crippen molar-refractivity contribution in [2.24, 2.45) is 0 Å². The van der Waals surface area contributed by atoms with Gasteiger partial charge in [0.25, 0.3) is 22.7 Å². The summed E-state index contributed by atoms with van der Waals surface area (Å²) in [6, 6.07) is 1.58. The highest BCUT2D eigenvalue weighted by Gasteiger charge is 2.43. The molecule has 0 fully saturated rings. The summed E-state index contributed by atoms with van der Waals surface area (Å²) in [5.41, 5.74) is -2.06. The highest BCUT2D eigenvalue weighted by Crippen LogP contribution is 2.53. The molecule has 1 atom stereocenters. The number of carboxylic acids is 1. The first-order chi connectivity index (χ1) is 14.9. The second kappa shape index (κ2) is 7.93. The molecule has 16 heteroatoms. The Morgan fingerprint density at radius 2 is 1.28 bits per heavy atom. The third-order valence-corrected chi connectivity index (χ3v) is 4.66. The van der Waals surface area contributed by atoms with Gasteiger partial charge in [0.15, 0.2) is 6.10 Å². The van der Waals surface area contributed by atoms with E-state index < -0.39 is 60.6 Å². The van der Waals surface area contributed by atoms with Crippen molar-refractivity contribution in [2.75, 3.05) is 0 Å². The molecule has 32 heavy (non-hydrogen) atoms. The molecular formula is C16H11N5O11. The fourth-order valence-corrected chi connectivity index (χ4v) is 3.28. The molecule has 0 saturated carbocycles. The van der Waals surface area contributed by atoms with Crippen molar-refractivity contribution in [3.63, 3.8) is 0 Å². The van der Waals surface area contributed by atoms with Crippen LogP contribution in [0.4, 0.5) is 22.7 Å². The zero-order chi connectivity index (χ0) is 23.9. The lowest BCUT2D eigenvalue weighted by Gasteiger charge is -2.17. The minimum Gasteiger partial charge on any atom is -0.479 e. The van der Waals surface area contributed by atoms with Crippen molar-refractivity contribution >= 4 is 28.7 Å². The third-order valence-electron chi connectivity index (χ3n) is 4.66. The van der Waals surface area contributed by atoms with Crippen molar-refractivity contribution in [3.8, 4) is 11.1 Å². The van der Waals surface area contributed by atoms with Gasteiger partial charge in [0.2, 0.25) is 0 Å². The lowest BCUT2D eigenvalue weighted by atomic mass is 10.0. The summed E-state index contributed by atoms with van der Waals surface area (Å²) in [4.78, 5) is 58.1. The number of nitrogens with zero attached hydrogens (tertiary/aromatic N) is 4. The maximum absolute atomic E-state index is 11.6. The monoisotopic (exact) mass is 449 g/mol. The second-order valence-electron chi connectivity index (χ2n) is 6.54. The van der Waals surface area contributed by atoms with Crippen LogP contribution in [0.2, 0.25) is 0 Å². The fraction of sp³-hybridized carbons (Fsp3) is 0.188. The van der Waals surface area contributed by atoms with Gasteiger partial charge in [-0.25, -0.2) is 4.79 Å². The molecule has 0 aromatic heterocycles. The number of non-ortho nitro benzene ring substituents is 2. The molecule has 0 heterocycles. The van der Waals surface area contributed by atoms with Crippen LogP contribution in [-0.4, -0.2) is 36.9 Å². The number of hydrogen-bond acceptors (Lipinski definition) is 11. The highest BCUT2D eigenvalue weighted by molar-refractivity contribution is 5.92. The van der Waals surface area contributed by atoms with E-state index in [9.17, 15) is 45.3 Å². The predicted octanol–water partition coefficient (Wildman–Crippen LogP) is 2.38. The maximum Gasteiger partial charge on any atom is 0.334 e. The van der Waals surface area contributed by atoms with Crippen LogP contribution >= 0.6 is 0 Å². The molecule has 2 aromatic carbocycles. The van der Waals surface area contributed by atoms with E-state index in [4.69, 9.17) is 9.94 Å². The average molecular weight is 449 g/mol. The number of fused-ring (bicyclic) bond motifs is 3. The first-order valence-electron chi connectivity index (χ1n) is 8.51. The Labute approximate surface area is 175 Å². The van der Waals surface area contributed by atoms with E-state index in [1.807, 2.05) is 0 Å². The first kappa shape index (κ1) is 22.1. The average Bonchev–Trinajstić information content (AvgIpc) is 3.03. The quantitative estimate of drug-likeness (QED) is 0.437. The van der Waals surface area contributed by atoms with Crippen molar-refractivity contribution in [1.82, 2.24) is 5.48 Å². The Morgan fingerprint density at radius 3 is 1.59 bits per heavy atom. The number of aliphatic carboxylic acids is 1. The van der Waals surface area contributed by atoms with Gasteiger partial charge in [0.1, 0.15) is 0 Å². The first-order valence-corrected chi connectivity index (χ1v) is 8.51. The highest BCUT2D eigenvalue weighted by atomic mass is 16.7. The molecule has 0 radical (unpaired) electrons. The minimum atomic E-state index is -1.47. The molecule has 0 spiro atoms. The summed E-state index contributed by atoms with van der Waals surface area (Å²) in [5.74, 6) is -1.41. The fourth-order valence-electron chi connectivity index (χ4n) is 3.28. The van der Waals surface area contributed by atoms with Crippen LogP contribution < -0.4 is 5.48 Å². The number of hydrogen-bond donors (Lipinski definition) is 2. The molecule has 1 aliphatic carbocycles. The van der Waals surface area contributed by atoms with Gasteiger partial charge >= 0.3 is 5.97 Å². The van der Waals surface area contributed by atoms with Crippen LogP contribution in [0.3, 0.4) is 0 Å². The Morgan fingerprint density at radius 1 is 0.875 bits per heavy atom. The number of hydroxylamine groups is 1. The molecule has 0 aliphatic heterocycles. The molecule has 16 nitrogen and oxygen atoms in total. The summed E-state index contributed by atoms with van der Waals surface area (Å²) >= 11 is 0. The van der Waals surface area contributed by atoms with E-state index in [0.29, 0.717) is 12.1 Å². The number of nitro benzene ring substituents is 4. The molecule has 166 valence electrons. The lowest BCUT2D eigenvalue weighted by molar-refractivity contribution is -0.395. The molecule has 1 aliphatic rings. The number of rotatable bonds is 8. The van der Waals surface area contributed by atoms with Crippen molar-refractivity contribution in [2.45, 2.75) is 19.1 Å². The Kier molecular flexibility index (Phi) is 5.48. The Hall–Kier alpha value is -4.57. The predicted molar refractivity (Wildman–Crippen MR) is 102 cm³/mol. The topological polar surface area (TPSA) is 231 Å². The summed E-state index contributed by atoms with van der Waals surface area (Å²) in [6.45, 7) is 1.12. The van der Waals surface area contributed by atoms with E-state index in [2.05, 4.69) is 5.48 Å². The normalized spacial score (nSPS) is 13.2. The van der Waals surface area contributed by atoms with Gasteiger partial charge in [-0.1, -0.05) is 0 Å². The van der Waals surface area contributed by atoms with Crippen LogP contribution in [0.15, 0.2) is 24.3 Å². The molecular weight excluding hydrogens is 438 g/mol. The van der Waals surface area contributed by atoms with Gasteiger partial charge < -0.3 is 5.11 Å². The summed E-state index contributed by atoms with van der Waals surface area (Å²) < 4.78 is 0. The van der Waals surface area contributed by atoms with Crippen LogP contribution in [0.1, 0.15) is 24.1 Å². The van der Waals surface area contributed by atoms with Gasteiger partial charge in [0.05, 0.1) is 49.0 Å². The number of carbonyl (C=O) groups is 1. The van der Waals surface area contributed by atoms with Crippen LogP contribution in [-0.2, 0) is 9.63 Å². The lowest BCUT2D eigenvalue weighted by Crippen LogP contribution is -2.30. The molecule has 1 unspecified atom stereocenters. The van der Waals surface area contributed by atoms with Gasteiger partial charge in [-0.3, -0.25) is 45.3 Å². The van der Waals surface area contributed by atoms with Gasteiger partial charge in [-0.05, 0) is 18.1 Å². The largest absolute Gasteiger partial charge is 0.479 e. The summed E-state index contributed by atoms with van der Waals surface area (Å²) in [5, 5.41) is 54.8. The number of nitrogens with one attached hydrogen (secondary N) is 1. The van der Waals surface area contributed by atoms with E-state index in [1.54, 1.807) is 0 Å². The number of nitro groups is 4. The maximum atomic E-state index is 11.6. The standard InChI is InChI=1S/C16H11N5O11/c1-6(16(22)23)32-17-15-9-2-7(18(24)25)4-11(20(28)29)13(9)14-10(15)3-8(19(26)27)5-12(14)21(30)31/h2-6,15,17H,1H3,(H,22,23). The molecule has 0 amide bonds. The molecule has 3 rings (SSSR count). The summed E-state index contributed by atoms with van der Waals surface area (Å²) in [7, 11) is 0. The molecule has 2 N–H and O–H groups in total. The molecule has 2 aromatic rings. The van der Waals surface area contributed by atoms with E-state index in [-0.39, 0.29) is 22.3 Å². The zero-order valence-corrected chi connectivity index (χ0v) is 15.8. The van der Waals surface area contributed by atoms with E-state index in [1.165, 1.54) is 0 Å². The summed E-state index contributed by atoms with van der Waals surface area (Å²) in [6.07, 6.45) is -1.47. The smallest absolute Gasteiger partial charge is 0.334 e. The number of carboxylic acid groups (broad SMARTS) is 1. The van der Waals surface area contributed by atoms with E-state index in [0.717, 1.165) is 19.1 Å². The van der Waals surface area contributed by atoms with Gasteiger partial charge in [-0.15, -0.1) is 0 Å². The van der Waals surface area contributed by atoms with Crippen LogP contribution in [0, 0.1) is 40.5 Å². The Balaban J connectivity index is 2.38. The zero-order valence-electron chi connectivity index (χ0n) is 15.8. The van der Waals surface area contributed by atoms with Crippen LogP contribution in [0.25, 0.3) is 11.1 Å². The van der Waals surface area contributed by atoms with Crippen molar-refractivity contribution in [3.05, 3.63) is 75.8 Å². The van der Waals surface area contributed by atoms with Crippen molar-refractivity contribution in [1.29, 1.82) is 0 Å². The van der Waals surface area contributed by atoms with Crippen molar-refractivity contribution < 1.29 is 34.4 Å². The molecule has 0 saturated heterocycles. The Bertz CT molecular complexity index is 1130. The SMILES string of the molecule is CC(ONC1c2cc([N+](=O)[O-])cc([N+](=O)[O-])c2-c2c1cc([N+](=O)[O-])cc2[N+](=O)[O-])C(=O)O. The third kappa shape index (κ3) is 3.66. The number of benzene rings is 2.